The minimum Gasteiger partial charge on any atom is -0.332 e. The number of aldehydes is 1. The maximum Gasteiger partial charge on any atom is 0.222 e. The highest BCUT2D eigenvalue weighted by Crippen LogP contribution is 2.21. The van der Waals surface area contributed by atoms with Crippen molar-refractivity contribution in [2.45, 2.75) is 9.92 Å². The van der Waals surface area contributed by atoms with Gasteiger partial charge in [-0.2, -0.15) is 0 Å². The monoisotopic (exact) mass is 249 g/mol. The number of rotatable bonds is 3. The van der Waals surface area contributed by atoms with Crippen LogP contribution in [0.5, 0.6) is 0 Å². The van der Waals surface area contributed by atoms with Gasteiger partial charge in [0.15, 0.2) is 6.29 Å². The van der Waals surface area contributed by atoms with Crippen LogP contribution < -0.4 is 0 Å². The molecule has 1 aromatic heterocycles. The Morgan fingerprint density at radius 3 is 2.24 bits per heavy atom. The zero-order chi connectivity index (χ0) is 12.5. The molecular formula is C12H11NO3S. The second kappa shape index (κ2) is 4.18. The van der Waals surface area contributed by atoms with E-state index in [1.807, 2.05) is 0 Å². The maximum absolute atomic E-state index is 12.2. The van der Waals surface area contributed by atoms with Gasteiger partial charge in [-0.1, -0.05) is 18.2 Å². The zero-order valence-corrected chi connectivity index (χ0v) is 10.0. The molecule has 0 aliphatic carbocycles. The van der Waals surface area contributed by atoms with E-state index in [2.05, 4.69) is 0 Å². The van der Waals surface area contributed by atoms with Gasteiger partial charge in [0.2, 0.25) is 9.84 Å². The molecule has 0 amide bonds. The first-order valence-corrected chi connectivity index (χ1v) is 6.46. The summed E-state index contributed by atoms with van der Waals surface area (Å²) in [5, 5.41) is 0.116. The van der Waals surface area contributed by atoms with Crippen molar-refractivity contribution >= 4 is 16.1 Å². The molecule has 0 atom stereocenters. The van der Waals surface area contributed by atoms with Crippen LogP contribution in [0.3, 0.4) is 0 Å². The standard InChI is InChI=1S/C12H11NO3S/c1-13-10(9-14)7-8-12(13)17(15,16)11-5-3-2-4-6-11/h2-9H,1H3. The van der Waals surface area contributed by atoms with Gasteiger partial charge in [-0.15, -0.1) is 0 Å². The summed E-state index contributed by atoms with van der Waals surface area (Å²) in [5.41, 5.74) is 0.333. The Morgan fingerprint density at radius 1 is 1.06 bits per heavy atom. The van der Waals surface area contributed by atoms with Gasteiger partial charge in [0, 0.05) is 7.05 Å². The van der Waals surface area contributed by atoms with E-state index in [4.69, 9.17) is 0 Å². The van der Waals surface area contributed by atoms with Crippen molar-refractivity contribution in [3.63, 3.8) is 0 Å². The third-order valence-electron chi connectivity index (χ3n) is 2.56. The molecule has 0 unspecified atom stereocenters. The SMILES string of the molecule is Cn1c(C=O)ccc1S(=O)(=O)c1ccccc1. The Kier molecular flexibility index (Phi) is 2.85. The summed E-state index contributed by atoms with van der Waals surface area (Å²) >= 11 is 0. The molecule has 0 radical (unpaired) electrons. The molecule has 0 fully saturated rings. The second-order valence-corrected chi connectivity index (χ2v) is 5.49. The predicted molar refractivity (Wildman–Crippen MR) is 62.7 cm³/mol. The van der Waals surface area contributed by atoms with Gasteiger partial charge in [-0.3, -0.25) is 4.79 Å². The number of sulfone groups is 1. The summed E-state index contributed by atoms with van der Waals surface area (Å²) in [6.07, 6.45) is 0.629. The molecule has 0 aliphatic rings. The van der Waals surface area contributed by atoms with Crippen LogP contribution in [0.4, 0.5) is 0 Å². The smallest absolute Gasteiger partial charge is 0.222 e. The van der Waals surface area contributed by atoms with Crippen LogP contribution in [0, 0.1) is 0 Å². The highest BCUT2D eigenvalue weighted by Gasteiger charge is 2.21. The molecule has 0 aliphatic heterocycles. The molecule has 1 heterocycles. The maximum atomic E-state index is 12.2. The molecule has 2 aromatic rings. The summed E-state index contributed by atoms with van der Waals surface area (Å²) in [6, 6.07) is 11.1. The van der Waals surface area contributed by atoms with E-state index in [0.717, 1.165) is 0 Å². The van der Waals surface area contributed by atoms with Crippen LogP contribution in [-0.2, 0) is 16.9 Å². The van der Waals surface area contributed by atoms with Crippen molar-refractivity contribution in [2.24, 2.45) is 7.05 Å². The van der Waals surface area contributed by atoms with Crippen LogP contribution >= 0.6 is 0 Å². The van der Waals surface area contributed by atoms with E-state index in [9.17, 15) is 13.2 Å². The third-order valence-corrected chi connectivity index (χ3v) is 4.42. The quantitative estimate of drug-likeness (QED) is 0.777. The number of hydrogen-bond acceptors (Lipinski definition) is 3. The van der Waals surface area contributed by atoms with Gasteiger partial charge >= 0.3 is 0 Å². The van der Waals surface area contributed by atoms with Crippen molar-refractivity contribution in [2.75, 3.05) is 0 Å². The molecule has 0 N–H and O–H groups in total. The molecule has 0 saturated heterocycles. The average Bonchev–Trinajstić information content (AvgIpc) is 2.72. The lowest BCUT2D eigenvalue weighted by Crippen LogP contribution is -2.08. The molecule has 0 saturated carbocycles. The largest absolute Gasteiger partial charge is 0.332 e. The summed E-state index contributed by atoms with van der Waals surface area (Å²) in [4.78, 5) is 10.9. The fourth-order valence-electron chi connectivity index (χ4n) is 1.62. The van der Waals surface area contributed by atoms with Crippen molar-refractivity contribution in [1.82, 2.24) is 4.57 Å². The minimum absolute atomic E-state index is 0.116. The number of carbonyl (C=O) groups excluding carboxylic acids is 1. The van der Waals surface area contributed by atoms with E-state index in [0.29, 0.717) is 12.0 Å². The Bertz CT molecular complexity index is 642. The lowest BCUT2D eigenvalue weighted by atomic mass is 10.4. The van der Waals surface area contributed by atoms with Crippen molar-refractivity contribution in [1.29, 1.82) is 0 Å². The first kappa shape index (κ1) is 11.6. The van der Waals surface area contributed by atoms with Crippen molar-refractivity contribution in [3.8, 4) is 0 Å². The average molecular weight is 249 g/mol. The van der Waals surface area contributed by atoms with Crippen LogP contribution in [0.2, 0.25) is 0 Å². The van der Waals surface area contributed by atoms with E-state index >= 15 is 0 Å². The highest BCUT2D eigenvalue weighted by molar-refractivity contribution is 7.91. The molecule has 4 nitrogen and oxygen atoms in total. The van der Waals surface area contributed by atoms with Crippen LogP contribution in [0.1, 0.15) is 10.5 Å². The van der Waals surface area contributed by atoms with Crippen LogP contribution in [0.25, 0.3) is 0 Å². The van der Waals surface area contributed by atoms with E-state index in [1.54, 1.807) is 25.2 Å². The number of nitrogens with zero attached hydrogens (tertiary/aromatic N) is 1. The number of aromatic nitrogens is 1. The third kappa shape index (κ3) is 1.89. The topological polar surface area (TPSA) is 56.1 Å². The summed E-state index contributed by atoms with van der Waals surface area (Å²) in [6.45, 7) is 0. The summed E-state index contributed by atoms with van der Waals surface area (Å²) in [5.74, 6) is 0. The molecule has 88 valence electrons. The molecular weight excluding hydrogens is 238 g/mol. The fourth-order valence-corrected chi connectivity index (χ4v) is 3.09. The van der Waals surface area contributed by atoms with E-state index in [1.165, 1.54) is 28.8 Å². The Morgan fingerprint density at radius 2 is 1.71 bits per heavy atom. The first-order valence-electron chi connectivity index (χ1n) is 4.98. The first-order chi connectivity index (χ1) is 8.07. The molecule has 1 aromatic carbocycles. The predicted octanol–water partition coefficient (Wildman–Crippen LogP) is 1.67. The van der Waals surface area contributed by atoms with E-state index in [-0.39, 0.29) is 9.92 Å². The van der Waals surface area contributed by atoms with Gasteiger partial charge in [-0.05, 0) is 24.3 Å². The molecule has 0 spiro atoms. The number of hydrogen-bond donors (Lipinski definition) is 0. The highest BCUT2D eigenvalue weighted by atomic mass is 32.2. The second-order valence-electron chi connectivity index (χ2n) is 3.59. The van der Waals surface area contributed by atoms with Crippen LogP contribution in [0.15, 0.2) is 52.4 Å². The van der Waals surface area contributed by atoms with Gasteiger partial charge in [-0.25, -0.2) is 8.42 Å². The van der Waals surface area contributed by atoms with Gasteiger partial charge in [0.25, 0.3) is 0 Å². The summed E-state index contributed by atoms with van der Waals surface area (Å²) < 4.78 is 25.9. The molecule has 17 heavy (non-hydrogen) atoms. The normalized spacial score (nSPS) is 11.4. The fraction of sp³-hybridized carbons (Fsp3) is 0.0833. The lowest BCUT2D eigenvalue weighted by Gasteiger charge is -2.06. The Labute approximate surface area is 99.4 Å². The summed E-state index contributed by atoms with van der Waals surface area (Å²) in [7, 11) is -2.00. The zero-order valence-electron chi connectivity index (χ0n) is 9.20. The van der Waals surface area contributed by atoms with Crippen molar-refractivity contribution < 1.29 is 13.2 Å². The molecule has 2 rings (SSSR count). The van der Waals surface area contributed by atoms with Gasteiger partial charge in [0.05, 0.1) is 10.6 Å². The van der Waals surface area contributed by atoms with Crippen molar-refractivity contribution in [3.05, 3.63) is 48.2 Å². The minimum atomic E-state index is -3.55. The Balaban J connectivity index is 2.60. The Hall–Kier alpha value is -1.88. The number of benzene rings is 1. The van der Waals surface area contributed by atoms with Gasteiger partial charge < -0.3 is 4.57 Å². The van der Waals surface area contributed by atoms with Crippen LogP contribution in [-0.4, -0.2) is 19.3 Å². The molecule has 0 bridgehead atoms. The number of carbonyl (C=O) groups is 1. The van der Waals surface area contributed by atoms with E-state index < -0.39 is 9.84 Å². The lowest BCUT2D eigenvalue weighted by molar-refractivity contribution is 0.111. The van der Waals surface area contributed by atoms with Gasteiger partial charge in [0.1, 0.15) is 5.03 Å². The molecule has 5 heteroatoms.